The molecule has 0 spiro atoms. The molecule has 1 unspecified atom stereocenters. The molecule has 30 heavy (non-hydrogen) atoms. The zero-order valence-electron chi connectivity index (χ0n) is 20.1. The van der Waals surface area contributed by atoms with Gasteiger partial charge in [-0.1, -0.05) is 44.6 Å². The minimum absolute atomic E-state index is 0.190. The van der Waals surface area contributed by atoms with Crippen molar-refractivity contribution in [2.75, 3.05) is 20.1 Å². The summed E-state index contributed by atoms with van der Waals surface area (Å²) in [6, 6.07) is 6.46. The van der Waals surface area contributed by atoms with Gasteiger partial charge in [-0.25, -0.2) is 4.79 Å². The molecular formula is C25H42N2O3. The van der Waals surface area contributed by atoms with Gasteiger partial charge in [0.25, 0.3) is 0 Å². The van der Waals surface area contributed by atoms with Gasteiger partial charge in [-0.05, 0) is 85.1 Å². The maximum Gasteiger partial charge on any atom is 0.339 e. The van der Waals surface area contributed by atoms with Gasteiger partial charge >= 0.3 is 5.97 Å². The summed E-state index contributed by atoms with van der Waals surface area (Å²) in [5.74, 6) is -1.13. The molecule has 0 aliphatic heterocycles. The number of nitrogens with zero attached hydrogens (tertiary/aromatic N) is 1. The van der Waals surface area contributed by atoms with Gasteiger partial charge in [0.1, 0.15) is 5.60 Å². The highest BCUT2D eigenvalue weighted by molar-refractivity contribution is 6.04. The van der Waals surface area contributed by atoms with Crippen LogP contribution in [0.15, 0.2) is 35.9 Å². The van der Waals surface area contributed by atoms with Crippen LogP contribution in [0.25, 0.3) is 0 Å². The molecule has 1 aromatic carbocycles. The van der Waals surface area contributed by atoms with E-state index in [1.165, 1.54) is 37.6 Å². The normalized spacial score (nSPS) is 12.4. The molecule has 1 aromatic rings. The Kier molecular flexibility index (Phi) is 13.7. The van der Waals surface area contributed by atoms with Crippen LogP contribution < -0.4 is 5.73 Å². The van der Waals surface area contributed by atoms with E-state index < -0.39 is 17.5 Å². The summed E-state index contributed by atoms with van der Waals surface area (Å²) >= 11 is 0. The first-order chi connectivity index (χ1) is 14.1. The molecule has 1 amide bonds. The molecule has 1 atom stereocenters. The second kappa shape index (κ2) is 14.8. The standard InChI is InChI=1S/C18H25NO3.C7H17N/c1-5-18(4,12-8-9-13(2)3)22-17(21)15-11-7-6-10-14(15)16(19)20;1-4-6-8(3)7-5-2/h6-7,9-11H,5,8,12H2,1-4H3,(H2,19,20);4-7H2,1-3H3. The van der Waals surface area contributed by atoms with E-state index in [0.717, 1.165) is 12.8 Å². The fraction of sp³-hybridized carbons (Fsp3) is 0.600. The van der Waals surface area contributed by atoms with Gasteiger partial charge in [-0.2, -0.15) is 0 Å². The molecule has 170 valence electrons. The van der Waals surface area contributed by atoms with Crippen LogP contribution in [0.3, 0.4) is 0 Å². The van der Waals surface area contributed by atoms with Gasteiger partial charge in [0, 0.05) is 0 Å². The number of rotatable bonds is 11. The molecule has 0 aliphatic carbocycles. The Hall–Kier alpha value is -2.14. The van der Waals surface area contributed by atoms with Crippen molar-refractivity contribution in [2.45, 2.75) is 79.2 Å². The number of nitrogens with two attached hydrogens (primary N) is 1. The number of carbonyl (C=O) groups excluding carboxylic acids is 2. The summed E-state index contributed by atoms with van der Waals surface area (Å²) in [6.07, 6.45) is 6.96. The molecule has 5 heteroatoms. The Morgan fingerprint density at radius 1 is 1.07 bits per heavy atom. The Morgan fingerprint density at radius 2 is 1.60 bits per heavy atom. The van der Waals surface area contributed by atoms with Gasteiger partial charge in [0.15, 0.2) is 0 Å². The average molecular weight is 419 g/mol. The summed E-state index contributed by atoms with van der Waals surface area (Å²) in [5, 5.41) is 0. The van der Waals surface area contributed by atoms with Crippen molar-refractivity contribution in [3.63, 3.8) is 0 Å². The number of carbonyl (C=O) groups is 2. The molecule has 0 bridgehead atoms. The number of esters is 1. The van der Waals surface area contributed by atoms with Gasteiger partial charge in [0.05, 0.1) is 11.1 Å². The Morgan fingerprint density at radius 3 is 2.03 bits per heavy atom. The number of ether oxygens (including phenoxy) is 1. The van der Waals surface area contributed by atoms with Crippen molar-refractivity contribution in [3.05, 3.63) is 47.0 Å². The van der Waals surface area contributed by atoms with Crippen molar-refractivity contribution >= 4 is 11.9 Å². The Bertz CT molecular complexity index is 675. The number of primary amides is 1. The molecule has 0 saturated carbocycles. The lowest BCUT2D eigenvalue weighted by atomic mass is 9.95. The smallest absolute Gasteiger partial charge is 0.339 e. The van der Waals surface area contributed by atoms with Gasteiger partial charge in [0.2, 0.25) is 5.91 Å². The number of hydrogen-bond donors (Lipinski definition) is 1. The highest BCUT2D eigenvalue weighted by atomic mass is 16.6. The Labute approximate surface area is 183 Å². The minimum Gasteiger partial charge on any atom is -0.456 e. The van der Waals surface area contributed by atoms with E-state index in [4.69, 9.17) is 10.5 Å². The Balaban J connectivity index is 0.000000890. The summed E-state index contributed by atoms with van der Waals surface area (Å²) < 4.78 is 5.67. The van der Waals surface area contributed by atoms with E-state index in [1.54, 1.807) is 18.2 Å². The third kappa shape index (κ3) is 11.1. The molecular weight excluding hydrogens is 376 g/mol. The van der Waals surface area contributed by atoms with Crippen LogP contribution in [0.5, 0.6) is 0 Å². The monoisotopic (exact) mass is 418 g/mol. The summed E-state index contributed by atoms with van der Waals surface area (Å²) in [4.78, 5) is 26.2. The molecule has 0 fully saturated rings. The summed E-state index contributed by atoms with van der Waals surface area (Å²) in [7, 11) is 2.17. The van der Waals surface area contributed by atoms with E-state index in [9.17, 15) is 9.59 Å². The molecule has 5 nitrogen and oxygen atoms in total. The third-order valence-electron chi connectivity index (χ3n) is 4.94. The quantitative estimate of drug-likeness (QED) is 0.375. The lowest BCUT2D eigenvalue weighted by molar-refractivity contribution is -0.0150. The second-order valence-corrected chi connectivity index (χ2v) is 8.23. The van der Waals surface area contributed by atoms with Crippen LogP contribution in [0.1, 0.15) is 94.4 Å². The molecule has 0 aliphatic rings. The van der Waals surface area contributed by atoms with E-state index in [2.05, 4.69) is 31.9 Å². The predicted molar refractivity (Wildman–Crippen MR) is 126 cm³/mol. The SMILES string of the molecule is CCC(C)(CCC=C(C)C)OC(=O)c1ccccc1C(N)=O.CCCN(C)CCC. The predicted octanol–water partition coefficient (Wildman–Crippen LogP) is 5.60. The number of hydrogen-bond acceptors (Lipinski definition) is 4. The van der Waals surface area contributed by atoms with E-state index in [-0.39, 0.29) is 11.1 Å². The van der Waals surface area contributed by atoms with Crippen molar-refractivity contribution in [3.8, 4) is 0 Å². The van der Waals surface area contributed by atoms with Crippen LogP contribution in [0, 0.1) is 0 Å². The minimum atomic E-state index is -0.629. The molecule has 1 rings (SSSR count). The summed E-state index contributed by atoms with van der Waals surface area (Å²) in [5.41, 5.74) is 6.40. The van der Waals surface area contributed by atoms with Crippen molar-refractivity contribution in [2.24, 2.45) is 5.73 Å². The van der Waals surface area contributed by atoms with Crippen molar-refractivity contribution < 1.29 is 14.3 Å². The van der Waals surface area contributed by atoms with Crippen LogP contribution in [0.2, 0.25) is 0 Å². The van der Waals surface area contributed by atoms with Crippen molar-refractivity contribution in [1.82, 2.24) is 4.90 Å². The van der Waals surface area contributed by atoms with E-state index in [1.807, 2.05) is 27.7 Å². The van der Waals surface area contributed by atoms with Crippen LogP contribution >= 0.6 is 0 Å². The zero-order chi connectivity index (χ0) is 23.2. The molecule has 2 N–H and O–H groups in total. The van der Waals surface area contributed by atoms with Crippen LogP contribution in [-0.4, -0.2) is 42.5 Å². The van der Waals surface area contributed by atoms with Crippen LogP contribution in [0.4, 0.5) is 0 Å². The lowest BCUT2D eigenvalue weighted by Gasteiger charge is -2.28. The highest BCUT2D eigenvalue weighted by Crippen LogP contribution is 2.25. The summed E-state index contributed by atoms with van der Waals surface area (Å²) in [6.45, 7) is 14.9. The van der Waals surface area contributed by atoms with Gasteiger partial charge in [-0.15, -0.1) is 0 Å². The van der Waals surface area contributed by atoms with Crippen LogP contribution in [-0.2, 0) is 4.74 Å². The largest absolute Gasteiger partial charge is 0.456 e. The van der Waals surface area contributed by atoms with Crippen molar-refractivity contribution in [1.29, 1.82) is 0 Å². The number of benzene rings is 1. The lowest BCUT2D eigenvalue weighted by Crippen LogP contribution is -2.32. The maximum absolute atomic E-state index is 12.4. The van der Waals surface area contributed by atoms with Gasteiger partial charge < -0.3 is 15.4 Å². The highest BCUT2D eigenvalue weighted by Gasteiger charge is 2.28. The number of allylic oxidation sites excluding steroid dienone is 2. The first kappa shape index (κ1) is 27.9. The first-order valence-corrected chi connectivity index (χ1v) is 11.0. The maximum atomic E-state index is 12.4. The number of amides is 1. The molecule has 0 aromatic heterocycles. The fourth-order valence-corrected chi connectivity index (χ4v) is 3.00. The molecule has 0 heterocycles. The average Bonchev–Trinajstić information content (AvgIpc) is 2.68. The molecule has 0 radical (unpaired) electrons. The molecule has 0 saturated heterocycles. The second-order valence-electron chi connectivity index (χ2n) is 8.23. The van der Waals surface area contributed by atoms with E-state index in [0.29, 0.717) is 6.42 Å². The third-order valence-corrected chi connectivity index (χ3v) is 4.94. The topological polar surface area (TPSA) is 72.6 Å². The zero-order valence-corrected chi connectivity index (χ0v) is 20.1. The van der Waals surface area contributed by atoms with Gasteiger partial charge in [-0.3, -0.25) is 4.79 Å². The first-order valence-electron chi connectivity index (χ1n) is 11.0. The fourth-order valence-electron chi connectivity index (χ4n) is 3.00. The van der Waals surface area contributed by atoms with E-state index >= 15 is 0 Å².